The first-order chi connectivity index (χ1) is 10.5. The van der Waals surface area contributed by atoms with Gasteiger partial charge in [0.1, 0.15) is 5.75 Å². The zero-order valence-electron chi connectivity index (χ0n) is 14.2. The number of hydrogen-bond acceptors (Lipinski definition) is 4. The molecule has 1 saturated carbocycles. The summed E-state index contributed by atoms with van der Waals surface area (Å²) in [7, 11) is 5.78. The number of benzene rings is 1. The lowest BCUT2D eigenvalue weighted by molar-refractivity contribution is -0.0632. The summed E-state index contributed by atoms with van der Waals surface area (Å²) in [6, 6.07) is 8.31. The topological polar surface area (TPSA) is 41.9 Å². The zero-order valence-corrected chi connectivity index (χ0v) is 14.2. The van der Waals surface area contributed by atoms with E-state index in [2.05, 4.69) is 31.1 Å². The van der Waals surface area contributed by atoms with Crippen LogP contribution < -0.4 is 4.74 Å². The van der Waals surface area contributed by atoms with Crippen LogP contribution >= 0.6 is 0 Å². The second-order valence-corrected chi connectivity index (χ2v) is 6.74. The molecule has 0 aliphatic heterocycles. The molecular formula is C18H29NO3. The van der Waals surface area contributed by atoms with E-state index >= 15 is 0 Å². The first-order valence-electron chi connectivity index (χ1n) is 8.06. The van der Waals surface area contributed by atoms with Gasteiger partial charge in [0.15, 0.2) is 6.79 Å². The summed E-state index contributed by atoms with van der Waals surface area (Å²) in [6.45, 7) is 2.23. The fraction of sp³-hybridized carbons (Fsp3) is 0.667. The highest BCUT2D eigenvalue weighted by molar-refractivity contribution is 5.31. The molecule has 4 heteroatoms. The molecule has 3 atom stereocenters. The first kappa shape index (κ1) is 17.3. The van der Waals surface area contributed by atoms with Gasteiger partial charge in [0.05, 0.1) is 5.60 Å². The van der Waals surface area contributed by atoms with E-state index in [0.717, 1.165) is 25.0 Å². The van der Waals surface area contributed by atoms with Crippen LogP contribution in [-0.2, 0) is 4.74 Å². The van der Waals surface area contributed by atoms with Gasteiger partial charge >= 0.3 is 0 Å². The number of rotatable bonds is 6. The van der Waals surface area contributed by atoms with Gasteiger partial charge in [-0.3, -0.25) is 0 Å². The number of methoxy groups -OCH3 is 1. The standard InChI is InChI=1S/C18H29NO3/c1-18(20)11-6-5-10-16(18)17(19(2)3)14-8-7-9-15(12-14)22-13-21-4/h7-9,12,16-17,20H,5-6,10-11,13H2,1-4H3/t16-,17?,18+/m0/s1. The molecule has 0 amide bonds. The SMILES string of the molecule is COCOc1cccc(C([C@@H]2CCCC[C@@]2(C)O)N(C)C)c1. The maximum atomic E-state index is 10.8. The molecule has 0 radical (unpaired) electrons. The van der Waals surface area contributed by atoms with Gasteiger partial charge in [-0.05, 0) is 51.6 Å². The quantitative estimate of drug-likeness (QED) is 0.820. The average molecular weight is 307 g/mol. The average Bonchev–Trinajstić information content (AvgIpc) is 2.47. The van der Waals surface area contributed by atoms with E-state index in [-0.39, 0.29) is 18.8 Å². The van der Waals surface area contributed by atoms with Gasteiger partial charge in [0.2, 0.25) is 0 Å². The Balaban J connectivity index is 2.27. The van der Waals surface area contributed by atoms with E-state index in [1.807, 2.05) is 19.1 Å². The molecule has 1 unspecified atom stereocenters. The summed E-state index contributed by atoms with van der Waals surface area (Å²) < 4.78 is 10.5. The second-order valence-electron chi connectivity index (χ2n) is 6.74. The van der Waals surface area contributed by atoms with E-state index < -0.39 is 5.60 Å². The Kier molecular flexibility index (Phi) is 5.84. The van der Waals surface area contributed by atoms with Crippen LogP contribution in [0.4, 0.5) is 0 Å². The number of nitrogens with zero attached hydrogens (tertiary/aromatic N) is 1. The lowest BCUT2D eigenvalue weighted by atomic mass is 9.71. The van der Waals surface area contributed by atoms with Gasteiger partial charge in [0.25, 0.3) is 0 Å². The molecule has 1 aliphatic carbocycles. The maximum Gasteiger partial charge on any atom is 0.188 e. The highest BCUT2D eigenvalue weighted by Crippen LogP contribution is 2.43. The van der Waals surface area contributed by atoms with Crippen molar-refractivity contribution in [3.8, 4) is 5.75 Å². The van der Waals surface area contributed by atoms with Crippen molar-refractivity contribution < 1.29 is 14.6 Å². The predicted molar refractivity (Wildman–Crippen MR) is 88.0 cm³/mol. The van der Waals surface area contributed by atoms with Gasteiger partial charge in [-0.1, -0.05) is 25.0 Å². The van der Waals surface area contributed by atoms with Gasteiger partial charge < -0.3 is 19.5 Å². The molecule has 4 nitrogen and oxygen atoms in total. The molecular weight excluding hydrogens is 278 g/mol. The molecule has 0 saturated heterocycles. The fourth-order valence-electron chi connectivity index (χ4n) is 3.65. The van der Waals surface area contributed by atoms with Crippen LogP contribution in [0, 0.1) is 5.92 Å². The molecule has 0 aromatic heterocycles. The molecule has 0 bridgehead atoms. The lowest BCUT2D eigenvalue weighted by Gasteiger charge is -2.44. The van der Waals surface area contributed by atoms with Gasteiger partial charge in [-0.2, -0.15) is 0 Å². The third-order valence-electron chi connectivity index (χ3n) is 4.73. The summed E-state index contributed by atoms with van der Waals surface area (Å²) in [5.41, 5.74) is 0.571. The van der Waals surface area contributed by atoms with Crippen molar-refractivity contribution in [3.63, 3.8) is 0 Å². The summed E-state index contributed by atoms with van der Waals surface area (Å²) >= 11 is 0. The second kappa shape index (κ2) is 7.44. The Morgan fingerprint density at radius 2 is 2.14 bits per heavy atom. The van der Waals surface area contributed by atoms with Crippen LogP contribution in [0.25, 0.3) is 0 Å². The van der Waals surface area contributed by atoms with Crippen LogP contribution in [0.3, 0.4) is 0 Å². The predicted octanol–water partition coefficient (Wildman–Crippen LogP) is 3.21. The number of hydrogen-bond donors (Lipinski definition) is 1. The minimum atomic E-state index is -0.615. The minimum Gasteiger partial charge on any atom is -0.468 e. The summed E-state index contributed by atoms with van der Waals surface area (Å²) in [6.07, 6.45) is 4.23. The molecule has 0 heterocycles. The molecule has 124 valence electrons. The fourth-order valence-corrected chi connectivity index (χ4v) is 3.65. The number of ether oxygens (including phenoxy) is 2. The Hall–Kier alpha value is -1.10. The Morgan fingerprint density at radius 3 is 2.77 bits per heavy atom. The third-order valence-corrected chi connectivity index (χ3v) is 4.73. The summed E-state index contributed by atoms with van der Waals surface area (Å²) in [4.78, 5) is 2.21. The van der Waals surface area contributed by atoms with E-state index in [9.17, 15) is 5.11 Å². The number of aliphatic hydroxyl groups is 1. The third kappa shape index (κ3) is 4.00. The molecule has 1 N–H and O–H groups in total. The van der Waals surface area contributed by atoms with Crippen LogP contribution in [0.1, 0.15) is 44.2 Å². The van der Waals surface area contributed by atoms with Crippen molar-refractivity contribution >= 4 is 0 Å². The highest BCUT2D eigenvalue weighted by Gasteiger charge is 2.41. The van der Waals surface area contributed by atoms with Gasteiger partial charge in [0, 0.05) is 19.1 Å². The first-order valence-corrected chi connectivity index (χ1v) is 8.06. The lowest BCUT2D eigenvalue weighted by Crippen LogP contribution is -2.44. The monoisotopic (exact) mass is 307 g/mol. The van der Waals surface area contributed by atoms with Gasteiger partial charge in [-0.25, -0.2) is 0 Å². The van der Waals surface area contributed by atoms with Crippen molar-refractivity contribution in [3.05, 3.63) is 29.8 Å². The molecule has 1 aromatic carbocycles. The van der Waals surface area contributed by atoms with E-state index in [4.69, 9.17) is 9.47 Å². The van der Waals surface area contributed by atoms with Crippen molar-refractivity contribution in [2.75, 3.05) is 28.0 Å². The largest absolute Gasteiger partial charge is 0.468 e. The Labute approximate surface area is 134 Å². The normalized spacial score (nSPS) is 26.9. The summed E-state index contributed by atoms with van der Waals surface area (Å²) in [5, 5.41) is 10.8. The van der Waals surface area contributed by atoms with E-state index in [0.29, 0.717) is 0 Å². The highest BCUT2D eigenvalue weighted by atomic mass is 16.7. The van der Waals surface area contributed by atoms with E-state index in [1.54, 1.807) is 7.11 Å². The molecule has 2 rings (SSSR count). The van der Waals surface area contributed by atoms with Crippen LogP contribution in [0.5, 0.6) is 5.75 Å². The molecule has 1 fully saturated rings. The van der Waals surface area contributed by atoms with Crippen LogP contribution in [0.15, 0.2) is 24.3 Å². The van der Waals surface area contributed by atoms with E-state index in [1.165, 1.54) is 12.0 Å². The molecule has 22 heavy (non-hydrogen) atoms. The molecule has 1 aromatic rings. The van der Waals surface area contributed by atoms with Crippen LogP contribution in [0.2, 0.25) is 0 Å². The zero-order chi connectivity index (χ0) is 16.2. The maximum absolute atomic E-state index is 10.8. The Bertz CT molecular complexity index is 473. The van der Waals surface area contributed by atoms with Gasteiger partial charge in [-0.15, -0.1) is 0 Å². The van der Waals surface area contributed by atoms with Crippen molar-refractivity contribution in [1.82, 2.24) is 4.90 Å². The molecule has 1 aliphatic rings. The summed E-state index contributed by atoms with van der Waals surface area (Å²) in [5.74, 6) is 1.04. The van der Waals surface area contributed by atoms with Crippen molar-refractivity contribution in [2.45, 2.75) is 44.2 Å². The Morgan fingerprint density at radius 1 is 1.36 bits per heavy atom. The van der Waals surface area contributed by atoms with Crippen LogP contribution in [-0.4, -0.2) is 43.6 Å². The minimum absolute atomic E-state index is 0.182. The van der Waals surface area contributed by atoms with Crippen molar-refractivity contribution in [2.24, 2.45) is 5.92 Å². The molecule has 0 spiro atoms. The smallest absolute Gasteiger partial charge is 0.188 e. The van der Waals surface area contributed by atoms with Crippen molar-refractivity contribution in [1.29, 1.82) is 0 Å².